The van der Waals surface area contributed by atoms with Gasteiger partial charge in [0.05, 0.1) is 0 Å². The number of nitrogens with one attached hydrogen (secondary N) is 1. The van der Waals surface area contributed by atoms with Crippen molar-refractivity contribution in [2.24, 2.45) is 0 Å². The fraction of sp³-hybridized carbons (Fsp3) is 0.562. The number of rotatable bonds is 8. The SMILES string of the molecule is CCCCCc1ccc(CCNC(=O)SCC)cc1.[HH]. The van der Waals surface area contributed by atoms with Gasteiger partial charge in [-0.2, -0.15) is 0 Å². The highest BCUT2D eigenvalue weighted by molar-refractivity contribution is 8.13. The molecule has 108 valence electrons. The Morgan fingerprint density at radius 3 is 2.32 bits per heavy atom. The highest BCUT2D eigenvalue weighted by atomic mass is 32.2. The molecule has 0 saturated carbocycles. The molecule has 0 aliphatic rings. The molecule has 0 atom stereocenters. The Hall–Kier alpha value is -0.960. The van der Waals surface area contributed by atoms with E-state index in [1.54, 1.807) is 0 Å². The Morgan fingerprint density at radius 2 is 1.74 bits per heavy atom. The van der Waals surface area contributed by atoms with Crippen molar-refractivity contribution in [1.82, 2.24) is 5.32 Å². The van der Waals surface area contributed by atoms with Crippen LogP contribution in [-0.2, 0) is 12.8 Å². The van der Waals surface area contributed by atoms with Crippen LogP contribution >= 0.6 is 11.8 Å². The summed E-state index contributed by atoms with van der Waals surface area (Å²) in [4.78, 5) is 11.3. The van der Waals surface area contributed by atoms with Gasteiger partial charge in [-0.1, -0.05) is 62.7 Å². The quantitative estimate of drug-likeness (QED) is 0.702. The maximum atomic E-state index is 11.3. The molecule has 0 bridgehead atoms. The van der Waals surface area contributed by atoms with Gasteiger partial charge in [0, 0.05) is 7.97 Å². The molecule has 0 radical (unpaired) electrons. The average Bonchev–Trinajstić information content (AvgIpc) is 2.41. The summed E-state index contributed by atoms with van der Waals surface area (Å²) >= 11 is 1.33. The van der Waals surface area contributed by atoms with Crippen LogP contribution in [0.5, 0.6) is 0 Å². The first-order valence-electron chi connectivity index (χ1n) is 7.24. The topological polar surface area (TPSA) is 29.1 Å². The van der Waals surface area contributed by atoms with E-state index in [0.29, 0.717) is 0 Å². The zero-order valence-electron chi connectivity index (χ0n) is 12.1. The second-order valence-corrected chi connectivity index (χ2v) is 5.91. The fourth-order valence-corrected chi connectivity index (χ4v) is 2.41. The van der Waals surface area contributed by atoms with E-state index in [0.717, 1.165) is 18.7 Å². The molecule has 0 unspecified atom stereocenters. The van der Waals surface area contributed by atoms with Gasteiger partial charge in [-0.15, -0.1) is 0 Å². The van der Waals surface area contributed by atoms with Crippen LogP contribution in [0.15, 0.2) is 24.3 Å². The standard InChI is InChI=1S/C16H25NOS.H2/c1-3-5-6-7-14-8-10-15(11-9-14)12-13-17-16(18)19-4-2;/h8-11H,3-7,12-13H2,1-2H3,(H,17,18);1H. The minimum Gasteiger partial charge on any atom is -0.347 e. The summed E-state index contributed by atoms with van der Waals surface area (Å²) in [7, 11) is 0. The molecule has 0 fully saturated rings. The molecular weight excluding hydrogens is 254 g/mol. The van der Waals surface area contributed by atoms with Crippen LogP contribution < -0.4 is 5.32 Å². The molecule has 0 aromatic heterocycles. The molecule has 0 aliphatic carbocycles. The minimum atomic E-state index is 0. The first-order chi connectivity index (χ1) is 9.26. The maximum Gasteiger partial charge on any atom is 0.279 e. The molecule has 0 spiro atoms. The van der Waals surface area contributed by atoms with E-state index in [1.807, 2.05) is 6.92 Å². The van der Waals surface area contributed by atoms with E-state index in [2.05, 4.69) is 36.5 Å². The maximum absolute atomic E-state index is 11.3. The smallest absolute Gasteiger partial charge is 0.279 e. The third kappa shape index (κ3) is 7.26. The van der Waals surface area contributed by atoms with Gasteiger partial charge in [-0.25, -0.2) is 0 Å². The summed E-state index contributed by atoms with van der Waals surface area (Å²) < 4.78 is 0. The van der Waals surface area contributed by atoms with Crippen molar-refractivity contribution in [1.29, 1.82) is 0 Å². The van der Waals surface area contributed by atoms with Crippen LogP contribution in [0.2, 0.25) is 0 Å². The largest absolute Gasteiger partial charge is 0.347 e. The number of thioether (sulfide) groups is 1. The van der Waals surface area contributed by atoms with Crippen molar-refractivity contribution in [3.05, 3.63) is 35.4 Å². The number of hydrogen-bond acceptors (Lipinski definition) is 2. The van der Waals surface area contributed by atoms with E-state index in [4.69, 9.17) is 0 Å². The third-order valence-electron chi connectivity index (χ3n) is 3.05. The highest BCUT2D eigenvalue weighted by Gasteiger charge is 2.00. The van der Waals surface area contributed by atoms with Gasteiger partial charge in [0.15, 0.2) is 0 Å². The summed E-state index contributed by atoms with van der Waals surface area (Å²) in [5.74, 6) is 0.832. The molecule has 2 nitrogen and oxygen atoms in total. The summed E-state index contributed by atoms with van der Waals surface area (Å²) in [6, 6.07) is 8.79. The van der Waals surface area contributed by atoms with Crippen molar-refractivity contribution in [3.63, 3.8) is 0 Å². The summed E-state index contributed by atoms with van der Waals surface area (Å²) in [5.41, 5.74) is 2.71. The molecule has 0 heterocycles. The Balaban J connectivity index is 0.00000361. The number of benzene rings is 1. The third-order valence-corrected chi connectivity index (χ3v) is 3.75. The lowest BCUT2D eigenvalue weighted by Crippen LogP contribution is -2.21. The molecule has 3 heteroatoms. The Labute approximate surface area is 122 Å². The van der Waals surface area contributed by atoms with E-state index < -0.39 is 0 Å². The Bertz CT molecular complexity index is 367. The van der Waals surface area contributed by atoms with Crippen molar-refractivity contribution in [3.8, 4) is 0 Å². The van der Waals surface area contributed by atoms with Gasteiger partial charge in [0.2, 0.25) is 0 Å². The van der Waals surface area contributed by atoms with Gasteiger partial charge in [0.1, 0.15) is 0 Å². The second-order valence-electron chi connectivity index (χ2n) is 4.67. The van der Waals surface area contributed by atoms with Gasteiger partial charge < -0.3 is 5.32 Å². The van der Waals surface area contributed by atoms with Crippen LogP contribution in [0.3, 0.4) is 0 Å². The predicted octanol–water partition coefficient (Wildman–Crippen LogP) is 4.67. The number of unbranched alkanes of at least 4 members (excludes halogenated alkanes) is 2. The lowest BCUT2D eigenvalue weighted by Gasteiger charge is -2.05. The van der Waals surface area contributed by atoms with Crippen LogP contribution in [0.25, 0.3) is 0 Å². The first-order valence-corrected chi connectivity index (χ1v) is 8.23. The fourth-order valence-electron chi connectivity index (χ4n) is 1.94. The van der Waals surface area contributed by atoms with E-state index in [1.165, 1.54) is 48.6 Å². The number of hydrogen-bond donors (Lipinski definition) is 1. The highest BCUT2D eigenvalue weighted by Crippen LogP contribution is 2.09. The molecule has 19 heavy (non-hydrogen) atoms. The zero-order valence-corrected chi connectivity index (χ0v) is 12.9. The van der Waals surface area contributed by atoms with Crippen LogP contribution in [0.4, 0.5) is 4.79 Å². The summed E-state index contributed by atoms with van der Waals surface area (Å²) in [6.07, 6.45) is 5.94. The minimum absolute atomic E-state index is 0. The van der Waals surface area contributed by atoms with E-state index in [9.17, 15) is 4.79 Å². The van der Waals surface area contributed by atoms with Gasteiger partial charge in [-0.3, -0.25) is 4.79 Å². The molecule has 1 N–H and O–H groups in total. The molecule has 1 aromatic rings. The normalized spacial score (nSPS) is 10.4. The predicted molar refractivity (Wildman–Crippen MR) is 87.0 cm³/mol. The second kappa shape index (κ2) is 9.90. The molecule has 0 aliphatic heterocycles. The lowest BCUT2D eigenvalue weighted by atomic mass is 10.0. The zero-order chi connectivity index (χ0) is 13.9. The number of carbonyl (C=O) groups excluding carboxylic acids is 1. The Morgan fingerprint density at radius 1 is 1.11 bits per heavy atom. The van der Waals surface area contributed by atoms with Gasteiger partial charge in [-0.05, 0) is 36.1 Å². The molecule has 1 amide bonds. The number of carbonyl (C=O) groups is 1. The van der Waals surface area contributed by atoms with Crippen LogP contribution in [0, 0.1) is 0 Å². The monoisotopic (exact) mass is 281 g/mol. The molecular formula is C16H27NOS. The summed E-state index contributed by atoms with van der Waals surface area (Å²) in [5, 5.41) is 2.99. The number of aryl methyl sites for hydroxylation is 1. The van der Waals surface area contributed by atoms with Gasteiger partial charge in [0.25, 0.3) is 5.24 Å². The van der Waals surface area contributed by atoms with Crippen LogP contribution in [-0.4, -0.2) is 17.5 Å². The van der Waals surface area contributed by atoms with Gasteiger partial charge >= 0.3 is 0 Å². The number of amides is 1. The summed E-state index contributed by atoms with van der Waals surface area (Å²) in [6.45, 7) is 4.94. The molecule has 1 rings (SSSR count). The van der Waals surface area contributed by atoms with Crippen molar-refractivity contribution < 1.29 is 6.22 Å². The van der Waals surface area contributed by atoms with Crippen LogP contribution in [0.1, 0.15) is 45.7 Å². The average molecular weight is 281 g/mol. The van der Waals surface area contributed by atoms with Crippen molar-refractivity contribution >= 4 is 17.0 Å². The molecule has 1 aromatic carbocycles. The Kier molecular flexibility index (Phi) is 8.39. The first kappa shape index (κ1) is 16.1. The van der Waals surface area contributed by atoms with E-state index in [-0.39, 0.29) is 6.67 Å². The molecule has 0 saturated heterocycles. The van der Waals surface area contributed by atoms with Crippen molar-refractivity contribution in [2.45, 2.75) is 46.0 Å². The van der Waals surface area contributed by atoms with E-state index >= 15 is 0 Å². The lowest BCUT2D eigenvalue weighted by molar-refractivity contribution is 0.261. The van der Waals surface area contributed by atoms with Crippen molar-refractivity contribution in [2.75, 3.05) is 12.3 Å².